The van der Waals surface area contributed by atoms with Gasteiger partial charge in [0.05, 0.1) is 11.4 Å². The maximum Gasteiger partial charge on any atom is 0.107 e. The van der Waals surface area contributed by atoms with Crippen LogP contribution in [0.3, 0.4) is 0 Å². The van der Waals surface area contributed by atoms with Crippen LogP contribution in [0, 0.1) is 0 Å². The highest BCUT2D eigenvalue weighted by molar-refractivity contribution is 5.98. The molecule has 0 aliphatic heterocycles. The second kappa shape index (κ2) is 4.97. The summed E-state index contributed by atoms with van der Waals surface area (Å²) < 4.78 is 0. The zero-order valence-corrected chi connectivity index (χ0v) is 10.4. The highest BCUT2D eigenvalue weighted by atomic mass is 14.9. The number of hydrogen-bond donors (Lipinski definition) is 3. The molecule has 0 bridgehead atoms. The molecule has 0 spiro atoms. The molecule has 0 aliphatic rings. The van der Waals surface area contributed by atoms with E-state index in [9.17, 15) is 0 Å². The van der Waals surface area contributed by atoms with Crippen molar-refractivity contribution in [3.8, 4) is 0 Å². The zero-order chi connectivity index (χ0) is 13.1. The van der Waals surface area contributed by atoms with E-state index in [0.717, 1.165) is 40.9 Å². The number of aromatic amines is 1. The molecule has 2 aromatic heterocycles. The summed E-state index contributed by atoms with van der Waals surface area (Å²) in [6.45, 7) is 0.786. The van der Waals surface area contributed by atoms with Crippen LogP contribution in [0.1, 0.15) is 5.82 Å². The van der Waals surface area contributed by atoms with Crippen molar-refractivity contribution >= 4 is 22.1 Å². The molecule has 2 heterocycles. The first-order valence-electron chi connectivity index (χ1n) is 6.19. The Hall–Kier alpha value is -2.56. The smallest absolute Gasteiger partial charge is 0.107 e. The zero-order valence-electron chi connectivity index (χ0n) is 10.4. The summed E-state index contributed by atoms with van der Waals surface area (Å²) in [7, 11) is 0. The molecule has 5 heteroatoms. The predicted molar refractivity (Wildman–Crippen MR) is 76.9 cm³/mol. The summed E-state index contributed by atoms with van der Waals surface area (Å²) in [4.78, 5) is 11.4. The number of rotatable bonds is 4. The number of nitrogen functional groups attached to an aromatic ring is 1. The van der Waals surface area contributed by atoms with Crippen LogP contribution in [0.25, 0.3) is 10.8 Å². The number of aromatic nitrogens is 3. The van der Waals surface area contributed by atoms with Gasteiger partial charge >= 0.3 is 0 Å². The van der Waals surface area contributed by atoms with Crippen LogP contribution in [0.5, 0.6) is 0 Å². The minimum atomic E-state index is 0.763. The lowest BCUT2D eigenvalue weighted by atomic mass is 10.1. The minimum absolute atomic E-state index is 0.763. The van der Waals surface area contributed by atoms with E-state index in [-0.39, 0.29) is 0 Å². The molecule has 0 radical (unpaired) electrons. The molecule has 0 amide bonds. The highest BCUT2D eigenvalue weighted by Gasteiger charge is 2.04. The van der Waals surface area contributed by atoms with Gasteiger partial charge in [-0.2, -0.15) is 0 Å². The van der Waals surface area contributed by atoms with Crippen molar-refractivity contribution in [1.82, 2.24) is 15.0 Å². The first kappa shape index (κ1) is 11.5. The van der Waals surface area contributed by atoms with E-state index >= 15 is 0 Å². The second-order valence-corrected chi connectivity index (χ2v) is 4.34. The van der Waals surface area contributed by atoms with Crippen molar-refractivity contribution in [2.75, 3.05) is 17.6 Å². The van der Waals surface area contributed by atoms with E-state index in [1.54, 1.807) is 12.4 Å². The Kier molecular flexibility index (Phi) is 3.02. The van der Waals surface area contributed by atoms with Crippen molar-refractivity contribution in [2.45, 2.75) is 6.42 Å². The number of H-pyrrole nitrogens is 1. The Morgan fingerprint density at radius 3 is 3.00 bits per heavy atom. The highest BCUT2D eigenvalue weighted by Crippen LogP contribution is 2.27. The molecule has 0 atom stereocenters. The third kappa shape index (κ3) is 2.35. The van der Waals surface area contributed by atoms with Crippen molar-refractivity contribution < 1.29 is 0 Å². The van der Waals surface area contributed by atoms with Crippen LogP contribution in [-0.2, 0) is 6.42 Å². The summed E-state index contributed by atoms with van der Waals surface area (Å²) in [5.74, 6) is 0.969. The van der Waals surface area contributed by atoms with Crippen LogP contribution in [-0.4, -0.2) is 21.5 Å². The Morgan fingerprint density at radius 2 is 2.16 bits per heavy atom. The number of imidazole rings is 1. The number of nitrogens with one attached hydrogen (secondary N) is 2. The number of nitrogens with two attached hydrogens (primary N) is 1. The van der Waals surface area contributed by atoms with E-state index in [1.807, 2.05) is 30.6 Å². The quantitative estimate of drug-likeness (QED) is 0.623. The van der Waals surface area contributed by atoms with E-state index in [0.29, 0.717) is 0 Å². The van der Waals surface area contributed by atoms with Gasteiger partial charge in [0.25, 0.3) is 0 Å². The molecule has 0 fully saturated rings. The second-order valence-electron chi connectivity index (χ2n) is 4.34. The standard InChI is InChI=1S/C14H15N5/c15-14-11-3-5-16-9-10(11)1-2-12(14)17-6-4-13-18-7-8-19-13/h1-3,5,7-9,17H,4,6,15H2,(H,18,19). The summed E-state index contributed by atoms with van der Waals surface area (Å²) in [5, 5.41) is 5.42. The van der Waals surface area contributed by atoms with Gasteiger partial charge in [0.1, 0.15) is 5.82 Å². The molecule has 5 nitrogen and oxygen atoms in total. The molecule has 0 saturated heterocycles. The van der Waals surface area contributed by atoms with Crippen molar-refractivity contribution in [1.29, 1.82) is 0 Å². The van der Waals surface area contributed by atoms with E-state index < -0.39 is 0 Å². The lowest BCUT2D eigenvalue weighted by molar-refractivity contribution is 0.928. The molecule has 96 valence electrons. The van der Waals surface area contributed by atoms with Crippen LogP contribution in [0.2, 0.25) is 0 Å². The molecule has 1 aromatic carbocycles. The maximum atomic E-state index is 6.16. The maximum absolute atomic E-state index is 6.16. The number of nitrogens with zero attached hydrogens (tertiary/aromatic N) is 2. The van der Waals surface area contributed by atoms with Gasteiger partial charge in [-0.15, -0.1) is 0 Å². The molecular weight excluding hydrogens is 238 g/mol. The van der Waals surface area contributed by atoms with Gasteiger partial charge in [-0.1, -0.05) is 6.07 Å². The number of hydrogen-bond acceptors (Lipinski definition) is 4. The van der Waals surface area contributed by atoms with E-state index in [4.69, 9.17) is 5.73 Å². The fraction of sp³-hybridized carbons (Fsp3) is 0.143. The topological polar surface area (TPSA) is 79.6 Å². The Labute approximate surface area is 110 Å². The molecule has 0 unspecified atom stereocenters. The van der Waals surface area contributed by atoms with E-state index in [1.165, 1.54) is 0 Å². The number of anilines is 2. The fourth-order valence-corrected chi connectivity index (χ4v) is 2.10. The van der Waals surface area contributed by atoms with Gasteiger partial charge in [0, 0.05) is 48.5 Å². The van der Waals surface area contributed by atoms with Gasteiger partial charge in [-0.05, 0) is 12.1 Å². The average Bonchev–Trinajstić information content (AvgIpc) is 2.95. The SMILES string of the molecule is Nc1c(NCCc2ncc[nH]2)ccc2cnccc12. The third-order valence-corrected chi connectivity index (χ3v) is 3.09. The molecule has 4 N–H and O–H groups in total. The first-order chi connectivity index (χ1) is 9.34. The Morgan fingerprint density at radius 1 is 1.21 bits per heavy atom. The van der Waals surface area contributed by atoms with Crippen LogP contribution in [0.4, 0.5) is 11.4 Å². The monoisotopic (exact) mass is 253 g/mol. The van der Waals surface area contributed by atoms with Crippen molar-refractivity contribution in [3.63, 3.8) is 0 Å². The number of pyridine rings is 1. The molecular formula is C14H15N5. The largest absolute Gasteiger partial charge is 0.397 e. The third-order valence-electron chi connectivity index (χ3n) is 3.09. The molecule has 3 rings (SSSR count). The Bertz CT molecular complexity index is 675. The van der Waals surface area contributed by atoms with Gasteiger partial charge in [0.2, 0.25) is 0 Å². The first-order valence-corrected chi connectivity index (χ1v) is 6.19. The summed E-state index contributed by atoms with van der Waals surface area (Å²) in [5.41, 5.74) is 7.88. The summed E-state index contributed by atoms with van der Waals surface area (Å²) in [6, 6.07) is 5.94. The average molecular weight is 253 g/mol. The molecule has 19 heavy (non-hydrogen) atoms. The normalized spacial score (nSPS) is 10.7. The van der Waals surface area contributed by atoms with Gasteiger partial charge in [-0.3, -0.25) is 4.98 Å². The number of fused-ring (bicyclic) bond motifs is 1. The molecule has 3 aromatic rings. The van der Waals surface area contributed by atoms with Crippen molar-refractivity contribution in [3.05, 3.63) is 48.8 Å². The molecule has 0 aliphatic carbocycles. The lowest BCUT2D eigenvalue weighted by Crippen LogP contribution is -2.08. The fourth-order valence-electron chi connectivity index (χ4n) is 2.10. The predicted octanol–water partition coefficient (Wildman–Crippen LogP) is 2.19. The minimum Gasteiger partial charge on any atom is -0.397 e. The van der Waals surface area contributed by atoms with Crippen LogP contribution in [0.15, 0.2) is 43.0 Å². The van der Waals surface area contributed by atoms with Crippen LogP contribution >= 0.6 is 0 Å². The molecule has 0 saturated carbocycles. The van der Waals surface area contributed by atoms with E-state index in [2.05, 4.69) is 20.3 Å². The van der Waals surface area contributed by atoms with Crippen molar-refractivity contribution in [2.24, 2.45) is 0 Å². The van der Waals surface area contributed by atoms with Crippen LogP contribution < -0.4 is 11.1 Å². The van der Waals surface area contributed by atoms with Gasteiger partial charge in [-0.25, -0.2) is 4.98 Å². The summed E-state index contributed by atoms with van der Waals surface area (Å²) >= 11 is 0. The Balaban J connectivity index is 1.76. The van der Waals surface area contributed by atoms with Gasteiger partial charge < -0.3 is 16.0 Å². The number of benzene rings is 1. The summed E-state index contributed by atoms with van der Waals surface area (Å²) in [6.07, 6.45) is 7.99. The lowest BCUT2D eigenvalue weighted by Gasteiger charge is -2.10. The van der Waals surface area contributed by atoms with Gasteiger partial charge in [0.15, 0.2) is 0 Å².